The maximum Gasteiger partial charge on any atom is 0.358 e. The lowest BCUT2D eigenvalue weighted by molar-refractivity contribution is 0.0688. The zero-order valence-electron chi connectivity index (χ0n) is 11.2. The molecule has 0 aliphatic rings. The van der Waals surface area contributed by atoms with E-state index >= 15 is 0 Å². The Morgan fingerprint density at radius 1 is 1.38 bits per heavy atom. The third kappa shape index (κ3) is 3.40. The van der Waals surface area contributed by atoms with Crippen LogP contribution >= 0.6 is 0 Å². The molecule has 0 atom stereocenters. The third-order valence-corrected chi connectivity index (χ3v) is 2.90. The number of halogens is 2. The molecule has 2 aromatic rings. The van der Waals surface area contributed by atoms with Gasteiger partial charge in [-0.25, -0.2) is 18.3 Å². The summed E-state index contributed by atoms with van der Waals surface area (Å²) < 4.78 is 32.3. The van der Waals surface area contributed by atoms with Crippen LogP contribution in [-0.4, -0.2) is 39.8 Å². The van der Waals surface area contributed by atoms with Crippen LogP contribution in [0.2, 0.25) is 0 Å². The monoisotopic (exact) mass is 297 g/mol. The van der Waals surface area contributed by atoms with Crippen molar-refractivity contribution >= 4 is 5.97 Å². The first-order valence-corrected chi connectivity index (χ1v) is 6.11. The number of hydrogen-bond acceptors (Lipinski definition) is 4. The minimum Gasteiger partial charge on any atom is -0.476 e. The van der Waals surface area contributed by atoms with E-state index in [2.05, 4.69) is 10.3 Å². The van der Waals surface area contributed by atoms with Crippen LogP contribution in [-0.2, 0) is 17.7 Å². The molecule has 6 nitrogen and oxygen atoms in total. The van der Waals surface area contributed by atoms with Gasteiger partial charge in [0, 0.05) is 13.5 Å². The Hall–Kier alpha value is -2.35. The largest absolute Gasteiger partial charge is 0.476 e. The Kier molecular flexibility index (Phi) is 4.59. The number of ether oxygens (including phenoxy) is 1. The summed E-state index contributed by atoms with van der Waals surface area (Å²) in [5.74, 6) is -3.11. The first-order chi connectivity index (χ1) is 10.0. The van der Waals surface area contributed by atoms with Crippen molar-refractivity contribution < 1.29 is 23.4 Å². The van der Waals surface area contributed by atoms with E-state index in [9.17, 15) is 13.6 Å². The van der Waals surface area contributed by atoms with Crippen LogP contribution in [0.1, 0.15) is 21.7 Å². The second-order valence-electron chi connectivity index (χ2n) is 4.34. The fourth-order valence-electron chi connectivity index (χ4n) is 1.88. The van der Waals surface area contributed by atoms with E-state index in [4.69, 9.17) is 9.84 Å². The topological polar surface area (TPSA) is 77.2 Å². The molecule has 1 N–H and O–H groups in total. The lowest BCUT2D eigenvalue weighted by atomic mass is 10.2. The van der Waals surface area contributed by atoms with Crippen molar-refractivity contribution in [2.75, 3.05) is 13.7 Å². The number of carboxylic acids is 1. The highest BCUT2D eigenvalue weighted by Gasteiger charge is 2.19. The minimum atomic E-state index is -1.20. The van der Waals surface area contributed by atoms with Crippen molar-refractivity contribution in [2.24, 2.45) is 0 Å². The van der Waals surface area contributed by atoms with Gasteiger partial charge >= 0.3 is 5.97 Å². The number of carbonyl (C=O) groups is 1. The molecule has 0 radical (unpaired) electrons. The molecule has 0 aliphatic heterocycles. The number of carboxylic acid groups (broad SMARTS) is 1. The van der Waals surface area contributed by atoms with E-state index < -0.39 is 17.6 Å². The molecule has 0 unspecified atom stereocenters. The maximum absolute atomic E-state index is 13.2. The van der Waals surface area contributed by atoms with Gasteiger partial charge in [0.25, 0.3) is 0 Å². The number of methoxy groups -OCH3 is 1. The summed E-state index contributed by atoms with van der Waals surface area (Å²) in [6.07, 6.45) is 0.300. The average molecular weight is 297 g/mol. The van der Waals surface area contributed by atoms with E-state index in [1.807, 2.05) is 0 Å². The molecule has 1 heterocycles. The highest BCUT2D eigenvalue weighted by molar-refractivity contribution is 5.86. The number of rotatable bonds is 6. The molecular weight excluding hydrogens is 284 g/mol. The molecule has 0 aliphatic carbocycles. The number of nitrogens with zero attached hydrogens (tertiary/aromatic N) is 3. The SMILES string of the molecule is COCCc1c(C(=O)O)nnn1Cc1ccc(F)c(F)c1. The smallest absolute Gasteiger partial charge is 0.358 e. The van der Waals surface area contributed by atoms with Gasteiger partial charge < -0.3 is 9.84 Å². The number of aromatic nitrogens is 3. The van der Waals surface area contributed by atoms with Gasteiger partial charge in [0.05, 0.1) is 18.8 Å². The van der Waals surface area contributed by atoms with Crippen molar-refractivity contribution in [3.63, 3.8) is 0 Å². The van der Waals surface area contributed by atoms with Crippen LogP contribution in [0.5, 0.6) is 0 Å². The molecule has 0 bridgehead atoms. The molecule has 0 fully saturated rings. The fourth-order valence-corrected chi connectivity index (χ4v) is 1.88. The van der Waals surface area contributed by atoms with Crippen molar-refractivity contribution in [3.8, 4) is 0 Å². The van der Waals surface area contributed by atoms with Crippen LogP contribution in [0.25, 0.3) is 0 Å². The molecule has 21 heavy (non-hydrogen) atoms. The average Bonchev–Trinajstić information content (AvgIpc) is 2.83. The first kappa shape index (κ1) is 15.0. The highest BCUT2D eigenvalue weighted by atomic mass is 19.2. The Morgan fingerprint density at radius 3 is 2.76 bits per heavy atom. The third-order valence-electron chi connectivity index (χ3n) is 2.90. The van der Waals surface area contributed by atoms with Gasteiger partial charge in [0.2, 0.25) is 0 Å². The number of aromatic carboxylic acids is 1. The molecule has 1 aromatic carbocycles. The van der Waals surface area contributed by atoms with E-state index in [1.54, 1.807) is 0 Å². The van der Waals surface area contributed by atoms with Gasteiger partial charge in [-0.3, -0.25) is 0 Å². The van der Waals surface area contributed by atoms with Gasteiger partial charge in [-0.1, -0.05) is 11.3 Å². The summed E-state index contributed by atoms with van der Waals surface area (Å²) in [6, 6.07) is 3.45. The second-order valence-corrected chi connectivity index (χ2v) is 4.34. The minimum absolute atomic E-state index is 0.0938. The van der Waals surface area contributed by atoms with E-state index in [0.29, 0.717) is 24.3 Å². The number of benzene rings is 1. The lowest BCUT2D eigenvalue weighted by Crippen LogP contribution is -2.12. The van der Waals surface area contributed by atoms with Crippen LogP contribution in [0.15, 0.2) is 18.2 Å². The van der Waals surface area contributed by atoms with E-state index in [0.717, 1.165) is 12.1 Å². The summed E-state index contributed by atoms with van der Waals surface area (Å²) in [5.41, 5.74) is 0.651. The van der Waals surface area contributed by atoms with Crippen LogP contribution in [0.3, 0.4) is 0 Å². The molecule has 1 aromatic heterocycles. The van der Waals surface area contributed by atoms with E-state index in [1.165, 1.54) is 17.9 Å². The van der Waals surface area contributed by atoms with Crippen LogP contribution < -0.4 is 0 Å². The summed E-state index contributed by atoms with van der Waals surface area (Å²) in [7, 11) is 1.49. The van der Waals surface area contributed by atoms with Crippen molar-refractivity contribution in [2.45, 2.75) is 13.0 Å². The highest BCUT2D eigenvalue weighted by Crippen LogP contribution is 2.13. The zero-order chi connectivity index (χ0) is 15.4. The molecule has 8 heteroatoms. The Bertz CT molecular complexity index is 658. The molecule has 112 valence electrons. The van der Waals surface area contributed by atoms with Gasteiger partial charge in [-0.05, 0) is 17.7 Å². The Labute approximate surface area is 119 Å². The van der Waals surface area contributed by atoms with Crippen LogP contribution in [0, 0.1) is 11.6 Å². The van der Waals surface area contributed by atoms with Crippen molar-refractivity contribution in [3.05, 3.63) is 46.8 Å². The normalized spacial score (nSPS) is 10.8. The van der Waals surface area contributed by atoms with Gasteiger partial charge in [-0.2, -0.15) is 0 Å². The molecule has 2 rings (SSSR count). The predicted molar refractivity (Wildman–Crippen MR) is 68.0 cm³/mol. The quantitative estimate of drug-likeness (QED) is 0.874. The molecule has 0 saturated carbocycles. The molecule has 0 amide bonds. The molecular formula is C13H13F2N3O3. The molecule has 0 saturated heterocycles. The molecule has 0 spiro atoms. The van der Waals surface area contributed by atoms with Crippen molar-refractivity contribution in [1.29, 1.82) is 0 Å². The van der Waals surface area contributed by atoms with Gasteiger partial charge in [-0.15, -0.1) is 5.10 Å². The summed E-state index contributed by atoms with van der Waals surface area (Å²) in [5, 5.41) is 16.4. The van der Waals surface area contributed by atoms with Gasteiger partial charge in [0.1, 0.15) is 0 Å². The first-order valence-electron chi connectivity index (χ1n) is 6.11. The maximum atomic E-state index is 13.2. The summed E-state index contributed by atoms with van der Waals surface area (Å²) in [6.45, 7) is 0.391. The predicted octanol–water partition coefficient (Wildman–Crippen LogP) is 1.49. The van der Waals surface area contributed by atoms with Crippen LogP contribution in [0.4, 0.5) is 8.78 Å². The summed E-state index contributed by atoms with van der Waals surface area (Å²) >= 11 is 0. The zero-order valence-corrected chi connectivity index (χ0v) is 11.2. The number of hydrogen-bond donors (Lipinski definition) is 1. The van der Waals surface area contributed by atoms with Gasteiger partial charge in [0.15, 0.2) is 17.3 Å². The standard InChI is InChI=1S/C13H13F2N3O3/c1-21-5-4-11-12(13(19)20)16-17-18(11)7-8-2-3-9(14)10(15)6-8/h2-3,6H,4-5,7H2,1H3,(H,19,20). The van der Waals surface area contributed by atoms with Crippen molar-refractivity contribution in [1.82, 2.24) is 15.0 Å². The fraction of sp³-hybridized carbons (Fsp3) is 0.308. The summed E-state index contributed by atoms with van der Waals surface area (Å²) in [4.78, 5) is 11.1. The Morgan fingerprint density at radius 2 is 2.14 bits per heavy atom. The second kappa shape index (κ2) is 6.40. The van der Waals surface area contributed by atoms with E-state index in [-0.39, 0.29) is 12.2 Å². The Balaban J connectivity index is 2.30. The lowest BCUT2D eigenvalue weighted by Gasteiger charge is -2.07.